The molecule has 0 unspecified atom stereocenters. The third-order valence-electron chi connectivity index (χ3n) is 12.3. The third kappa shape index (κ3) is 8.44. The number of carbonyl (C=O) groups excluding carboxylic acids is 4. The molecule has 1 saturated carbocycles. The topological polar surface area (TPSA) is 157 Å². The minimum atomic E-state index is -0.819. The van der Waals surface area contributed by atoms with E-state index >= 15 is 0 Å². The van der Waals surface area contributed by atoms with Crippen molar-refractivity contribution in [3.63, 3.8) is 0 Å². The zero-order valence-electron chi connectivity index (χ0n) is 34.2. The molecular weight excluding hydrogens is 770 g/mol. The molecule has 59 heavy (non-hydrogen) atoms. The van der Waals surface area contributed by atoms with Crippen molar-refractivity contribution in [2.75, 3.05) is 50.8 Å². The first-order chi connectivity index (χ1) is 28.2. The molecule has 1 aromatic heterocycles. The molecule has 2 aromatic carbocycles. The van der Waals surface area contributed by atoms with Gasteiger partial charge in [0.1, 0.15) is 29.8 Å². The Morgan fingerprint density at radius 2 is 1.78 bits per heavy atom. The molecular formula is C45H52ClN7O6. The van der Waals surface area contributed by atoms with Crippen LogP contribution in [0, 0.1) is 22.2 Å². The van der Waals surface area contributed by atoms with Crippen molar-refractivity contribution in [3.05, 3.63) is 99.8 Å². The number of fused-ring (bicyclic) bond motifs is 1. The van der Waals surface area contributed by atoms with Gasteiger partial charge in [0.15, 0.2) is 0 Å². The van der Waals surface area contributed by atoms with Gasteiger partial charge in [0, 0.05) is 74.2 Å². The molecule has 2 N–H and O–H groups in total. The smallest absolute Gasteiger partial charge is 0.262 e. The van der Waals surface area contributed by atoms with Gasteiger partial charge >= 0.3 is 0 Å². The van der Waals surface area contributed by atoms with Crippen molar-refractivity contribution in [2.24, 2.45) is 10.8 Å². The van der Waals surface area contributed by atoms with E-state index in [0.29, 0.717) is 71.2 Å². The molecule has 2 saturated heterocycles. The van der Waals surface area contributed by atoms with E-state index in [9.17, 15) is 24.4 Å². The van der Waals surface area contributed by atoms with Crippen molar-refractivity contribution in [2.45, 2.75) is 78.0 Å². The van der Waals surface area contributed by atoms with Crippen LogP contribution in [-0.2, 0) is 16.0 Å². The summed E-state index contributed by atoms with van der Waals surface area (Å²) < 4.78 is 12.3. The van der Waals surface area contributed by atoms with Crippen molar-refractivity contribution in [1.82, 2.24) is 25.4 Å². The van der Waals surface area contributed by atoms with Crippen LogP contribution in [0.5, 0.6) is 5.75 Å². The summed E-state index contributed by atoms with van der Waals surface area (Å²) in [5.74, 6) is 0.0750. The quantitative estimate of drug-likeness (QED) is 0.151. The van der Waals surface area contributed by atoms with Crippen LogP contribution in [-0.4, -0.2) is 103 Å². The van der Waals surface area contributed by atoms with E-state index in [1.165, 1.54) is 0 Å². The Balaban J connectivity index is 0.803. The van der Waals surface area contributed by atoms with E-state index in [0.717, 1.165) is 61.8 Å². The fraction of sp³-hybridized carbons (Fsp3) is 0.467. The first-order valence-electron chi connectivity index (χ1n) is 20.4. The number of piperazine rings is 1. The zero-order chi connectivity index (χ0) is 42.1. The zero-order valence-corrected chi connectivity index (χ0v) is 34.9. The van der Waals surface area contributed by atoms with E-state index in [1.807, 2.05) is 18.2 Å². The maximum Gasteiger partial charge on any atom is 0.262 e. The predicted molar refractivity (Wildman–Crippen MR) is 223 cm³/mol. The predicted octanol–water partition coefficient (Wildman–Crippen LogP) is 5.77. The summed E-state index contributed by atoms with van der Waals surface area (Å²) in [6.45, 7) is 17.5. The molecule has 0 bridgehead atoms. The number of piperidine rings is 1. The van der Waals surface area contributed by atoms with Crippen LogP contribution in [0.15, 0.2) is 67.0 Å². The Bertz CT molecular complexity index is 2160. The maximum atomic E-state index is 13.4. The molecule has 1 atom stereocenters. The number of anilines is 1. The molecule has 0 spiro atoms. The summed E-state index contributed by atoms with van der Waals surface area (Å²) in [6, 6.07) is 15.2. The number of benzene rings is 2. The van der Waals surface area contributed by atoms with Gasteiger partial charge in [0.05, 0.1) is 33.9 Å². The van der Waals surface area contributed by atoms with E-state index in [-0.39, 0.29) is 34.8 Å². The number of ether oxygens (including phenoxy) is 2. The molecule has 3 aliphatic heterocycles. The minimum Gasteiger partial charge on any atom is -0.489 e. The second kappa shape index (κ2) is 17.1. The monoisotopic (exact) mass is 821 g/mol. The number of hydrogen-bond acceptors (Lipinski definition) is 10. The van der Waals surface area contributed by atoms with Crippen molar-refractivity contribution in [1.29, 1.82) is 5.26 Å². The van der Waals surface area contributed by atoms with Crippen LogP contribution in [0.3, 0.4) is 0 Å². The summed E-state index contributed by atoms with van der Waals surface area (Å²) in [7, 11) is 0. The van der Waals surface area contributed by atoms with Crippen molar-refractivity contribution in [3.8, 4) is 11.8 Å². The highest BCUT2D eigenvalue weighted by Gasteiger charge is 2.64. The molecule has 14 heteroatoms. The van der Waals surface area contributed by atoms with Gasteiger partial charge in [-0.15, -0.1) is 0 Å². The standard InChI is InChI=1S/C45H52ClN7O6/c1-28-12-16-35(39(55)49-28)53-40(56)33-11-8-10-29(37(33)41(53)57)9-6-7-23-58-24-22-51-18-20-52(21-19-51)36-17-14-31(27-48-36)38(54)50-42-44(2,3)43(45(42,4)5)59-32-15-13-30(26-47)34(46)25-32/h8,10-11,13-15,17,25,27,35,42-43H,1,6-7,9,12,16,18-24H2,2-5H3,(H,49,55)(H,50,54)/t35-,42?,43?/m0/s1. The van der Waals surface area contributed by atoms with Gasteiger partial charge in [-0.2, -0.15) is 5.26 Å². The first-order valence-corrected chi connectivity index (χ1v) is 20.7. The number of aromatic nitrogens is 1. The Morgan fingerprint density at radius 1 is 1.02 bits per heavy atom. The van der Waals surface area contributed by atoms with Crippen LogP contribution in [0.25, 0.3) is 0 Å². The second-order valence-corrected chi connectivity index (χ2v) is 17.5. The lowest BCUT2D eigenvalue weighted by Gasteiger charge is -2.63. The van der Waals surface area contributed by atoms with Gasteiger partial charge in [-0.05, 0) is 68.0 Å². The first kappa shape index (κ1) is 41.9. The van der Waals surface area contributed by atoms with E-state index in [1.54, 1.807) is 36.5 Å². The van der Waals surface area contributed by atoms with Gasteiger partial charge in [-0.3, -0.25) is 29.0 Å². The molecule has 4 amide bonds. The van der Waals surface area contributed by atoms with Crippen LogP contribution < -0.4 is 20.3 Å². The van der Waals surface area contributed by atoms with Gasteiger partial charge in [0.2, 0.25) is 5.91 Å². The average molecular weight is 822 g/mol. The van der Waals surface area contributed by atoms with Crippen LogP contribution in [0.1, 0.15) is 95.6 Å². The number of hydrogen-bond donors (Lipinski definition) is 2. The number of amides is 4. The third-order valence-corrected chi connectivity index (χ3v) is 12.7. The van der Waals surface area contributed by atoms with Crippen LogP contribution in [0.4, 0.5) is 5.82 Å². The normalized spacial score (nSPS) is 22.3. The number of unbranched alkanes of at least 4 members (excludes halogenated alkanes) is 1. The molecule has 4 heterocycles. The highest BCUT2D eigenvalue weighted by Crippen LogP contribution is 2.55. The molecule has 3 aromatic rings. The van der Waals surface area contributed by atoms with Crippen LogP contribution in [0.2, 0.25) is 5.02 Å². The molecule has 13 nitrogen and oxygen atoms in total. The number of pyridine rings is 1. The number of halogens is 1. The number of nitrogens with zero attached hydrogens (tertiary/aromatic N) is 5. The Morgan fingerprint density at radius 3 is 2.46 bits per heavy atom. The fourth-order valence-electron chi connectivity index (χ4n) is 9.41. The molecule has 4 aliphatic rings. The SMILES string of the molecule is C=C1CC[C@H](N2C(=O)c3cccc(CCCCOCCN4CCN(c5ccc(C(=O)NC6C(C)(C)C(Oc7ccc(C#N)c(Cl)c7)C6(C)C)cn5)CC4)c3C2=O)C(=O)N1. The van der Waals surface area contributed by atoms with E-state index < -0.39 is 17.9 Å². The summed E-state index contributed by atoms with van der Waals surface area (Å²) >= 11 is 6.24. The number of imide groups is 1. The summed E-state index contributed by atoms with van der Waals surface area (Å²) in [6.07, 6.45) is 4.61. The highest BCUT2D eigenvalue weighted by molar-refractivity contribution is 6.31. The molecule has 310 valence electrons. The fourth-order valence-corrected chi connectivity index (χ4v) is 9.62. The second-order valence-electron chi connectivity index (χ2n) is 17.1. The van der Waals surface area contributed by atoms with Crippen LogP contribution >= 0.6 is 11.6 Å². The number of nitrogens with one attached hydrogen (secondary N) is 2. The lowest BCUT2D eigenvalue weighted by molar-refractivity contribution is -0.164. The number of aryl methyl sites for hydroxylation is 1. The number of allylic oxidation sites excluding steroid dienone is 1. The van der Waals surface area contributed by atoms with Gasteiger partial charge in [-0.1, -0.05) is 58.0 Å². The molecule has 0 radical (unpaired) electrons. The molecule has 7 rings (SSSR count). The Hall–Kier alpha value is -5.29. The summed E-state index contributed by atoms with van der Waals surface area (Å²) in [5, 5.41) is 15.5. The number of rotatable bonds is 14. The van der Waals surface area contributed by atoms with Gasteiger partial charge in [0.25, 0.3) is 17.7 Å². The molecule has 1 aliphatic carbocycles. The maximum absolute atomic E-state index is 13.4. The van der Waals surface area contributed by atoms with Gasteiger partial charge < -0.3 is 25.0 Å². The Labute approximate surface area is 350 Å². The number of carbonyl (C=O) groups is 4. The summed E-state index contributed by atoms with van der Waals surface area (Å²) in [5.41, 5.74) is 2.36. The van der Waals surface area contributed by atoms with Gasteiger partial charge in [-0.25, -0.2) is 4.98 Å². The Kier molecular flexibility index (Phi) is 12.2. The average Bonchev–Trinajstić information content (AvgIpc) is 3.47. The van der Waals surface area contributed by atoms with E-state index in [4.69, 9.17) is 21.1 Å². The highest BCUT2D eigenvalue weighted by atomic mass is 35.5. The van der Waals surface area contributed by atoms with E-state index in [2.05, 4.69) is 65.8 Å². The molecule has 3 fully saturated rings. The summed E-state index contributed by atoms with van der Waals surface area (Å²) in [4.78, 5) is 62.9. The lowest BCUT2D eigenvalue weighted by atomic mass is 9.49. The minimum absolute atomic E-state index is 0.152. The largest absolute Gasteiger partial charge is 0.489 e. The van der Waals surface area contributed by atoms with Crippen molar-refractivity contribution >= 4 is 41.0 Å². The van der Waals surface area contributed by atoms with Crippen molar-refractivity contribution < 1.29 is 28.7 Å². The number of nitriles is 1. The lowest BCUT2D eigenvalue weighted by Crippen LogP contribution is -2.74.